The number of hydrogen-bond acceptors (Lipinski definition) is 2. The van der Waals surface area contributed by atoms with E-state index in [2.05, 4.69) is 36.8 Å². The second-order valence-electron chi connectivity index (χ2n) is 5.56. The van der Waals surface area contributed by atoms with Gasteiger partial charge in [-0.05, 0) is 53.4 Å². The molecule has 1 heterocycles. The first-order valence-corrected chi connectivity index (χ1v) is 8.71. The fourth-order valence-corrected chi connectivity index (χ4v) is 3.63. The van der Waals surface area contributed by atoms with Crippen LogP contribution in [-0.4, -0.2) is 9.97 Å². The molecule has 1 N–H and O–H groups in total. The van der Waals surface area contributed by atoms with Gasteiger partial charge in [0.05, 0.1) is 5.69 Å². The van der Waals surface area contributed by atoms with Gasteiger partial charge in [-0.1, -0.05) is 34.8 Å². The number of rotatable bonds is 2. The molecule has 0 spiro atoms. The third kappa shape index (κ3) is 2.99. The summed E-state index contributed by atoms with van der Waals surface area (Å²) in [4.78, 5) is 19.8. The third-order valence-corrected chi connectivity index (χ3v) is 5.72. The SMILES string of the molecule is Cc1cc(-c2nc(C3CCCC3)c(Br)c(=O)[nH]2)ccc1Br. The molecule has 1 fully saturated rings. The van der Waals surface area contributed by atoms with Crippen LogP contribution in [0.4, 0.5) is 0 Å². The lowest BCUT2D eigenvalue weighted by molar-refractivity contribution is 0.688. The third-order valence-electron chi connectivity index (χ3n) is 4.06. The normalized spacial score (nSPS) is 15.6. The first-order valence-electron chi connectivity index (χ1n) is 7.12. The number of hydrogen-bond donors (Lipinski definition) is 1. The van der Waals surface area contributed by atoms with E-state index in [-0.39, 0.29) is 5.56 Å². The second-order valence-corrected chi connectivity index (χ2v) is 7.21. The van der Waals surface area contributed by atoms with E-state index >= 15 is 0 Å². The van der Waals surface area contributed by atoms with Gasteiger partial charge < -0.3 is 4.98 Å². The average molecular weight is 412 g/mol. The highest BCUT2D eigenvalue weighted by atomic mass is 79.9. The standard InChI is InChI=1S/C16H16Br2N2O/c1-9-8-11(6-7-12(9)17)15-19-14(10-4-2-3-5-10)13(18)16(21)20-15/h6-8,10H,2-5H2,1H3,(H,19,20,21). The molecule has 0 atom stereocenters. The van der Waals surface area contributed by atoms with Crippen molar-refractivity contribution in [2.24, 2.45) is 0 Å². The summed E-state index contributed by atoms with van der Waals surface area (Å²) in [6, 6.07) is 6.00. The van der Waals surface area contributed by atoms with Crippen LogP contribution in [-0.2, 0) is 0 Å². The Hall–Kier alpha value is -0.940. The number of halogens is 2. The van der Waals surface area contributed by atoms with Gasteiger partial charge in [0.25, 0.3) is 5.56 Å². The molecule has 3 nitrogen and oxygen atoms in total. The predicted octanol–water partition coefficient (Wildman–Crippen LogP) is 4.93. The molecule has 5 heteroatoms. The molecule has 0 amide bonds. The Balaban J connectivity index is 2.10. The maximum Gasteiger partial charge on any atom is 0.265 e. The summed E-state index contributed by atoms with van der Waals surface area (Å²) in [5, 5.41) is 0. The summed E-state index contributed by atoms with van der Waals surface area (Å²) in [7, 11) is 0. The lowest BCUT2D eigenvalue weighted by atomic mass is 10.0. The van der Waals surface area contributed by atoms with Crippen molar-refractivity contribution in [1.82, 2.24) is 9.97 Å². The van der Waals surface area contributed by atoms with E-state index in [1.54, 1.807) is 0 Å². The first-order chi connectivity index (χ1) is 10.1. The van der Waals surface area contributed by atoms with Gasteiger partial charge in [-0.25, -0.2) is 4.98 Å². The Morgan fingerprint density at radius 1 is 1.24 bits per heavy atom. The van der Waals surface area contributed by atoms with Gasteiger partial charge in [0.15, 0.2) is 0 Å². The van der Waals surface area contributed by atoms with Crippen molar-refractivity contribution in [2.45, 2.75) is 38.5 Å². The fourth-order valence-electron chi connectivity index (χ4n) is 2.87. The Morgan fingerprint density at radius 2 is 1.95 bits per heavy atom. The van der Waals surface area contributed by atoms with Crippen LogP contribution in [0, 0.1) is 6.92 Å². The molecule has 0 aliphatic heterocycles. The summed E-state index contributed by atoms with van der Waals surface area (Å²) in [5.74, 6) is 1.05. The smallest absolute Gasteiger partial charge is 0.265 e. The monoisotopic (exact) mass is 410 g/mol. The van der Waals surface area contributed by atoms with E-state index in [9.17, 15) is 4.79 Å². The zero-order valence-electron chi connectivity index (χ0n) is 11.7. The molecule has 1 aromatic carbocycles. The molecule has 1 aliphatic carbocycles. The minimum atomic E-state index is -0.0949. The van der Waals surface area contributed by atoms with Crippen molar-refractivity contribution in [2.75, 3.05) is 0 Å². The Bertz CT molecular complexity index is 734. The number of aromatic amines is 1. The zero-order valence-corrected chi connectivity index (χ0v) is 14.9. The first kappa shape index (κ1) is 15.0. The van der Waals surface area contributed by atoms with Crippen LogP contribution in [0.3, 0.4) is 0 Å². The topological polar surface area (TPSA) is 45.8 Å². The quantitative estimate of drug-likeness (QED) is 0.761. The number of aromatic nitrogens is 2. The Labute approximate surface area is 140 Å². The molecule has 2 aromatic rings. The van der Waals surface area contributed by atoms with E-state index in [1.807, 2.05) is 25.1 Å². The van der Waals surface area contributed by atoms with Gasteiger partial charge in [-0.2, -0.15) is 0 Å². The van der Waals surface area contributed by atoms with Crippen LogP contribution >= 0.6 is 31.9 Å². The molecule has 0 bridgehead atoms. The summed E-state index contributed by atoms with van der Waals surface area (Å²) in [6.45, 7) is 2.03. The fraction of sp³-hybridized carbons (Fsp3) is 0.375. The van der Waals surface area contributed by atoms with Gasteiger partial charge in [0.2, 0.25) is 0 Å². The van der Waals surface area contributed by atoms with E-state index in [4.69, 9.17) is 4.98 Å². The second kappa shape index (κ2) is 6.05. The molecule has 0 saturated heterocycles. The van der Waals surface area contributed by atoms with Gasteiger partial charge in [0, 0.05) is 16.0 Å². The van der Waals surface area contributed by atoms with Gasteiger partial charge in [-0.15, -0.1) is 0 Å². The molecule has 21 heavy (non-hydrogen) atoms. The zero-order chi connectivity index (χ0) is 15.0. The highest BCUT2D eigenvalue weighted by Crippen LogP contribution is 2.36. The van der Waals surface area contributed by atoms with E-state index < -0.39 is 0 Å². The summed E-state index contributed by atoms with van der Waals surface area (Å²) < 4.78 is 1.65. The van der Waals surface area contributed by atoms with Gasteiger partial charge in [0.1, 0.15) is 10.3 Å². The summed E-state index contributed by atoms with van der Waals surface area (Å²) in [6.07, 6.45) is 4.68. The van der Waals surface area contributed by atoms with Gasteiger partial charge in [-0.3, -0.25) is 4.79 Å². The lowest BCUT2D eigenvalue weighted by Crippen LogP contribution is -2.15. The van der Waals surface area contributed by atoms with E-state index in [0.717, 1.165) is 34.1 Å². The average Bonchev–Trinajstić information content (AvgIpc) is 2.98. The van der Waals surface area contributed by atoms with Crippen LogP contribution in [0.15, 0.2) is 31.9 Å². The largest absolute Gasteiger partial charge is 0.306 e. The molecule has 0 radical (unpaired) electrons. The number of nitrogens with one attached hydrogen (secondary N) is 1. The number of benzene rings is 1. The maximum atomic E-state index is 12.2. The molecule has 110 valence electrons. The molecular formula is C16H16Br2N2O. The van der Waals surface area contributed by atoms with E-state index in [1.165, 1.54) is 12.8 Å². The van der Waals surface area contributed by atoms with Crippen molar-refractivity contribution in [3.05, 3.63) is 48.8 Å². The number of nitrogens with zero attached hydrogens (tertiary/aromatic N) is 1. The van der Waals surface area contributed by atoms with Gasteiger partial charge >= 0.3 is 0 Å². The van der Waals surface area contributed by atoms with Crippen LogP contribution in [0.5, 0.6) is 0 Å². The summed E-state index contributed by atoms with van der Waals surface area (Å²) in [5.41, 5.74) is 2.88. The minimum Gasteiger partial charge on any atom is -0.306 e. The molecule has 1 aliphatic rings. The van der Waals surface area contributed by atoms with Crippen LogP contribution in [0.25, 0.3) is 11.4 Å². The van der Waals surface area contributed by atoms with Crippen molar-refractivity contribution in [1.29, 1.82) is 0 Å². The molecule has 1 aromatic heterocycles. The van der Waals surface area contributed by atoms with Crippen molar-refractivity contribution >= 4 is 31.9 Å². The summed E-state index contributed by atoms with van der Waals surface area (Å²) >= 11 is 6.91. The highest BCUT2D eigenvalue weighted by molar-refractivity contribution is 9.10. The van der Waals surface area contributed by atoms with Crippen molar-refractivity contribution < 1.29 is 0 Å². The van der Waals surface area contributed by atoms with Crippen LogP contribution < -0.4 is 5.56 Å². The maximum absolute atomic E-state index is 12.2. The molecule has 3 rings (SSSR count). The Kier molecular flexibility index (Phi) is 4.31. The molecule has 0 unspecified atom stereocenters. The molecular weight excluding hydrogens is 396 g/mol. The van der Waals surface area contributed by atoms with Crippen LogP contribution in [0.1, 0.15) is 42.9 Å². The minimum absolute atomic E-state index is 0.0949. The molecule has 1 saturated carbocycles. The van der Waals surface area contributed by atoms with E-state index in [0.29, 0.717) is 16.2 Å². The Morgan fingerprint density at radius 3 is 2.62 bits per heavy atom. The predicted molar refractivity (Wildman–Crippen MR) is 91.6 cm³/mol. The lowest BCUT2D eigenvalue weighted by Gasteiger charge is -2.12. The highest BCUT2D eigenvalue weighted by Gasteiger charge is 2.23. The number of H-pyrrole nitrogens is 1. The van der Waals surface area contributed by atoms with Crippen molar-refractivity contribution in [3.8, 4) is 11.4 Å². The number of aryl methyl sites for hydroxylation is 1. The van der Waals surface area contributed by atoms with Crippen LogP contribution in [0.2, 0.25) is 0 Å². The van der Waals surface area contributed by atoms with Crippen molar-refractivity contribution in [3.63, 3.8) is 0 Å².